The highest BCUT2D eigenvalue weighted by Crippen LogP contribution is 2.43. The Hall–Kier alpha value is -1.64. The zero-order valence-corrected chi connectivity index (χ0v) is 12.4. The first kappa shape index (κ1) is 14.8. The minimum atomic E-state index is -0.363. The van der Waals surface area contributed by atoms with Crippen LogP contribution >= 0.6 is 0 Å². The first-order valence-electron chi connectivity index (χ1n) is 7.24. The Labute approximate surface area is 120 Å². The molecule has 0 bridgehead atoms. The molecule has 2 aliphatic rings. The van der Waals surface area contributed by atoms with Crippen LogP contribution in [0.1, 0.15) is 40.0 Å². The average Bonchev–Trinajstić information content (AvgIpc) is 2.42. The maximum atomic E-state index is 12.5. The Morgan fingerprint density at radius 3 is 2.55 bits per heavy atom. The normalized spacial score (nSPS) is 28.6. The molecular formula is C17H22O3. The van der Waals surface area contributed by atoms with E-state index >= 15 is 0 Å². The zero-order chi connectivity index (χ0) is 15.0. The van der Waals surface area contributed by atoms with E-state index in [9.17, 15) is 14.7 Å². The van der Waals surface area contributed by atoms with Gasteiger partial charge in [-0.15, -0.1) is 6.58 Å². The molecule has 0 aromatic heterocycles. The Morgan fingerprint density at radius 2 is 1.95 bits per heavy atom. The highest BCUT2D eigenvalue weighted by molar-refractivity contribution is 6.24. The molecule has 1 N–H and O–H groups in total. The maximum absolute atomic E-state index is 12.5. The fourth-order valence-electron chi connectivity index (χ4n) is 3.42. The monoisotopic (exact) mass is 274 g/mol. The van der Waals surface area contributed by atoms with Gasteiger partial charge in [0.05, 0.1) is 0 Å². The van der Waals surface area contributed by atoms with E-state index in [0.29, 0.717) is 11.1 Å². The molecule has 0 saturated heterocycles. The molecule has 2 rings (SSSR count). The fourth-order valence-corrected chi connectivity index (χ4v) is 3.42. The van der Waals surface area contributed by atoms with Gasteiger partial charge in [-0.25, -0.2) is 0 Å². The molecule has 108 valence electrons. The third kappa shape index (κ3) is 2.15. The van der Waals surface area contributed by atoms with Crippen LogP contribution in [0, 0.1) is 17.8 Å². The second kappa shape index (κ2) is 5.39. The number of aliphatic hydroxyl groups excluding tert-OH is 1. The SMILES string of the molecule is C=CC[C@H](C)[C@H]1CC[C@H](C)C2=C1C(=O)C(C)=C(O)C2=O. The van der Waals surface area contributed by atoms with E-state index in [-0.39, 0.29) is 40.7 Å². The average molecular weight is 274 g/mol. The van der Waals surface area contributed by atoms with Gasteiger partial charge in [0.2, 0.25) is 5.78 Å². The van der Waals surface area contributed by atoms with Crippen molar-refractivity contribution < 1.29 is 14.7 Å². The molecule has 0 saturated carbocycles. The summed E-state index contributed by atoms with van der Waals surface area (Å²) < 4.78 is 0. The van der Waals surface area contributed by atoms with Crippen molar-refractivity contribution in [2.24, 2.45) is 17.8 Å². The smallest absolute Gasteiger partial charge is 0.224 e. The fraction of sp³-hybridized carbons (Fsp3) is 0.529. The van der Waals surface area contributed by atoms with Crippen LogP contribution in [0.3, 0.4) is 0 Å². The minimum absolute atomic E-state index is 0.0453. The van der Waals surface area contributed by atoms with Crippen molar-refractivity contribution in [2.75, 3.05) is 0 Å². The lowest BCUT2D eigenvalue weighted by Crippen LogP contribution is -2.35. The van der Waals surface area contributed by atoms with Crippen LogP contribution in [-0.4, -0.2) is 16.7 Å². The van der Waals surface area contributed by atoms with Crippen LogP contribution in [0.5, 0.6) is 0 Å². The zero-order valence-electron chi connectivity index (χ0n) is 12.4. The second-order valence-electron chi connectivity index (χ2n) is 6.05. The Bertz CT molecular complexity index is 536. The van der Waals surface area contributed by atoms with Crippen LogP contribution in [0.25, 0.3) is 0 Å². The van der Waals surface area contributed by atoms with Gasteiger partial charge in [-0.3, -0.25) is 9.59 Å². The number of rotatable bonds is 3. The number of allylic oxidation sites excluding steroid dienone is 4. The summed E-state index contributed by atoms with van der Waals surface area (Å²) in [6.07, 6.45) is 4.49. The largest absolute Gasteiger partial charge is 0.504 e. The number of hydrogen-bond donors (Lipinski definition) is 1. The summed E-state index contributed by atoms with van der Waals surface area (Å²) in [5.41, 5.74) is 1.39. The van der Waals surface area contributed by atoms with Gasteiger partial charge >= 0.3 is 0 Å². The van der Waals surface area contributed by atoms with Gasteiger partial charge in [-0.05, 0) is 43.9 Å². The second-order valence-corrected chi connectivity index (χ2v) is 6.05. The molecule has 2 aliphatic carbocycles. The lowest BCUT2D eigenvalue weighted by atomic mass is 9.66. The van der Waals surface area contributed by atoms with E-state index in [4.69, 9.17) is 0 Å². The van der Waals surface area contributed by atoms with Gasteiger partial charge in [-0.2, -0.15) is 0 Å². The van der Waals surface area contributed by atoms with E-state index in [2.05, 4.69) is 13.5 Å². The molecule has 0 radical (unpaired) electrons. The minimum Gasteiger partial charge on any atom is -0.504 e. The van der Waals surface area contributed by atoms with E-state index in [0.717, 1.165) is 19.3 Å². The third-order valence-corrected chi connectivity index (χ3v) is 4.69. The van der Waals surface area contributed by atoms with Crippen LogP contribution in [0.4, 0.5) is 0 Å². The molecule has 0 amide bonds. The molecule has 0 fully saturated rings. The Morgan fingerprint density at radius 1 is 1.30 bits per heavy atom. The summed E-state index contributed by atoms with van der Waals surface area (Å²) in [4.78, 5) is 24.8. The summed E-state index contributed by atoms with van der Waals surface area (Å²) in [5.74, 6) is -0.431. The third-order valence-electron chi connectivity index (χ3n) is 4.69. The number of ketones is 2. The highest BCUT2D eigenvalue weighted by atomic mass is 16.3. The van der Waals surface area contributed by atoms with E-state index in [1.165, 1.54) is 6.92 Å². The summed E-state index contributed by atoms with van der Waals surface area (Å²) in [6.45, 7) is 9.35. The Kier molecular flexibility index (Phi) is 3.98. The van der Waals surface area contributed by atoms with Crippen molar-refractivity contribution in [3.05, 3.63) is 35.1 Å². The van der Waals surface area contributed by atoms with Crippen LogP contribution in [0.2, 0.25) is 0 Å². The predicted octanol–water partition coefficient (Wildman–Crippen LogP) is 3.53. The van der Waals surface area contributed by atoms with Crippen molar-refractivity contribution in [2.45, 2.75) is 40.0 Å². The molecule has 3 heteroatoms. The summed E-state index contributed by atoms with van der Waals surface area (Å²) in [5, 5.41) is 9.86. The number of carbonyl (C=O) groups excluding carboxylic acids is 2. The van der Waals surface area contributed by atoms with Crippen LogP contribution < -0.4 is 0 Å². The van der Waals surface area contributed by atoms with Gasteiger partial charge < -0.3 is 5.11 Å². The van der Waals surface area contributed by atoms with Crippen molar-refractivity contribution in [3.63, 3.8) is 0 Å². The number of Topliss-reactive ketones (excluding diaryl/α,β-unsaturated/α-hetero) is 2. The van der Waals surface area contributed by atoms with E-state index in [1.807, 2.05) is 13.0 Å². The summed E-state index contributed by atoms with van der Waals surface area (Å²) in [6, 6.07) is 0. The number of carbonyl (C=O) groups is 2. The van der Waals surface area contributed by atoms with Gasteiger partial charge in [0.15, 0.2) is 11.5 Å². The maximum Gasteiger partial charge on any atom is 0.224 e. The lowest BCUT2D eigenvalue weighted by Gasteiger charge is -2.36. The molecule has 3 nitrogen and oxygen atoms in total. The number of aliphatic hydroxyl groups is 1. The summed E-state index contributed by atoms with van der Waals surface area (Å²) in [7, 11) is 0. The molecular weight excluding hydrogens is 252 g/mol. The van der Waals surface area contributed by atoms with Crippen LogP contribution in [-0.2, 0) is 9.59 Å². The van der Waals surface area contributed by atoms with Gasteiger partial charge in [0.25, 0.3) is 0 Å². The van der Waals surface area contributed by atoms with Crippen molar-refractivity contribution in [1.29, 1.82) is 0 Å². The quantitative estimate of drug-likeness (QED) is 0.632. The molecule has 0 aromatic carbocycles. The standard InChI is InChI=1S/C17H22O3/c1-5-6-9(2)12-8-7-10(3)13-14(12)15(18)11(4)16(19)17(13)20/h5,9-10,12,19H,1,6-8H2,2-4H3/t9-,10-,12+/m0/s1. The molecule has 0 aromatic rings. The van der Waals surface area contributed by atoms with Crippen LogP contribution in [0.15, 0.2) is 35.1 Å². The first-order valence-corrected chi connectivity index (χ1v) is 7.24. The molecule has 3 atom stereocenters. The predicted molar refractivity (Wildman–Crippen MR) is 78.2 cm³/mol. The first-order chi connectivity index (χ1) is 9.40. The van der Waals surface area contributed by atoms with Gasteiger partial charge in [0.1, 0.15) is 0 Å². The van der Waals surface area contributed by atoms with E-state index < -0.39 is 0 Å². The topological polar surface area (TPSA) is 54.4 Å². The molecule has 20 heavy (non-hydrogen) atoms. The van der Waals surface area contributed by atoms with E-state index in [1.54, 1.807) is 0 Å². The molecule has 0 spiro atoms. The van der Waals surface area contributed by atoms with Gasteiger partial charge in [-0.1, -0.05) is 19.9 Å². The molecule has 0 unspecified atom stereocenters. The van der Waals surface area contributed by atoms with Crippen molar-refractivity contribution in [3.8, 4) is 0 Å². The lowest BCUT2D eigenvalue weighted by molar-refractivity contribution is -0.119. The molecule has 0 heterocycles. The summed E-state index contributed by atoms with van der Waals surface area (Å²) >= 11 is 0. The van der Waals surface area contributed by atoms with Gasteiger partial charge in [0, 0.05) is 16.7 Å². The highest BCUT2D eigenvalue weighted by Gasteiger charge is 2.42. The Balaban J connectivity index is 2.52. The number of hydrogen-bond acceptors (Lipinski definition) is 3. The van der Waals surface area contributed by atoms with Crippen molar-refractivity contribution >= 4 is 11.6 Å². The van der Waals surface area contributed by atoms with Crippen molar-refractivity contribution in [1.82, 2.24) is 0 Å². The molecule has 0 aliphatic heterocycles.